The molecule has 0 radical (unpaired) electrons. The van der Waals surface area contributed by atoms with Crippen LogP contribution in [0.2, 0.25) is 0 Å². The average molecular weight is 819 g/mol. The first-order valence-electron chi connectivity index (χ1n) is 21.4. The first kappa shape index (κ1) is 36.8. The molecule has 63 heavy (non-hydrogen) atoms. The van der Waals surface area contributed by atoms with Crippen LogP contribution in [0.5, 0.6) is 0 Å². The lowest BCUT2D eigenvalue weighted by atomic mass is 9.84. The minimum Gasteiger partial charge on any atom is -0.228 e. The predicted octanol–water partition coefficient (Wildman–Crippen LogP) is 16.8. The zero-order chi connectivity index (χ0) is 41.7. The molecule has 294 valence electrons. The molecule has 0 saturated carbocycles. The van der Waals surface area contributed by atoms with Crippen LogP contribution in [0.15, 0.2) is 231 Å². The Bertz CT molecular complexity index is 3610. The minimum atomic E-state index is 0.707. The van der Waals surface area contributed by atoms with E-state index in [2.05, 4.69) is 212 Å². The lowest BCUT2D eigenvalue weighted by Crippen LogP contribution is -1.96. The van der Waals surface area contributed by atoms with Gasteiger partial charge in [0.25, 0.3) is 0 Å². The van der Waals surface area contributed by atoms with Crippen molar-refractivity contribution in [2.75, 3.05) is 0 Å². The summed E-state index contributed by atoms with van der Waals surface area (Å²) in [6, 6.07) is 82.9. The number of thiophene rings is 1. The number of nitrogens with zero attached hydrogens (tertiary/aromatic N) is 2. The molecule has 0 N–H and O–H groups in total. The highest BCUT2D eigenvalue weighted by Crippen LogP contribution is 2.47. The maximum Gasteiger partial charge on any atom is 0.160 e. The van der Waals surface area contributed by atoms with E-state index >= 15 is 0 Å². The van der Waals surface area contributed by atoms with Gasteiger partial charge in [0.2, 0.25) is 0 Å². The van der Waals surface area contributed by atoms with Crippen molar-refractivity contribution in [1.29, 1.82) is 0 Å². The van der Waals surface area contributed by atoms with Crippen molar-refractivity contribution in [3.8, 4) is 77.7 Å². The molecule has 0 aliphatic carbocycles. The fraction of sp³-hybridized carbons (Fsp3) is 0. The molecule has 0 aliphatic heterocycles. The highest BCUT2D eigenvalue weighted by atomic mass is 32.1. The van der Waals surface area contributed by atoms with Gasteiger partial charge in [0, 0.05) is 31.8 Å². The Morgan fingerprint density at radius 2 is 0.825 bits per heavy atom. The quantitative estimate of drug-likeness (QED) is 0.118. The molecule has 0 fully saturated rings. The summed E-state index contributed by atoms with van der Waals surface area (Å²) in [5.41, 5.74) is 13.4. The van der Waals surface area contributed by atoms with Crippen molar-refractivity contribution >= 4 is 53.7 Å². The van der Waals surface area contributed by atoms with Crippen LogP contribution in [0.1, 0.15) is 0 Å². The summed E-state index contributed by atoms with van der Waals surface area (Å²) in [6.07, 6.45) is 0. The van der Waals surface area contributed by atoms with Crippen molar-refractivity contribution < 1.29 is 0 Å². The first-order valence-corrected chi connectivity index (χ1v) is 22.2. The largest absolute Gasteiger partial charge is 0.228 e. The predicted molar refractivity (Wildman–Crippen MR) is 268 cm³/mol. The van der Waals surface area contributed by atoms with Gasteiger partial charge < -0.3 is 0 Å². The third-order valence-corrected chi connectivity index (χ3v) is 13.5. The second-order valence-electron chi connectivity index (χ2n) is 16.0. The normalized spacial score (nSPS) is 11.5. The number of fused-ring (bicyclic) bond motifs is 5. The SMILES string of the molecule is c1ccc(-c2nc(-c3ccc(-c4ccc(-c5c6ccccc6c(-c6ccccc6)c6ccc7ccccc7c56)cc4)cc3)cc(-c3ccccc3-c3cc4ccccc4s3)n2)cc1. The van der Waals surface area contributed by atoms with E-state index in [0.29, 0.717) is 5.82 Å². The Balaban J connectivity index is 0.944. The fourth-order valence-corrected chi connectivity index (χ4v) is 10.4. The molecule has 0 aliphatic rings. The van der Waals surface area contributed by atoms with E-state index in [1.54, 1.807) is 0 Å². The molecule has 2 nitrogen and oxygen atoms in total. The minimum absolute atomic E-state index is 0.707. The van der Waals surface area contributed by atoms with Crippen LogP contribution >= 0.6 is 11.3 Å². The Morgan fingerprint density at radius 3 is 1.54 bits per heavy atom. The monoisotopic (exact) mass is 818 g/mol. The van der Waals surface area contributed by atoms with E-state index in [9.17, 15) is 0 Å². The lowest BCUT2D eigenvalue weighted by Gasteiger charge is -2.19. The lowest BCUT2D eigenvalue weighted by molar-refractivity contribution is 1.18. The van der Waals surface area contributed by atoms with Crippen molar-refractivity contribution in [2.24, 2.45) is 0 Å². The first-order chi connectivity index (χ1) is 31.2. The third-order valence-electron chi connectivity index (χ3n) is 12.3. The van der Waals surface area contributed by atoms with Gasteiger partial charge in [-0.15, -0.1) is 11.3 Å². The molecule has 0 bridgehead atoms. The Hall–Kier alpha value is -7.98. The number of hydrogen-bond donors (Lipinski definition) is 0. The van der Waals surface area contributed by atoms with Gasteiger partial charge in [-0.1, -0.05) is 212 Å². The van der Waals surface area contributed by atoms with Crippen LogP contribution in [0, 0.1) is 0 Å². The maximum atomic E-state index is 5.21. The molecule has 0 amide bonds. The molecule has 0 unspecified atom stereocenters. The van der Waals surface area contributed by atoms with Crippen LogP contribution in [0.3, 0.4) is 0 Å². The van der Waals surface area contributed by atoms with E-state index < -0.39 is 0 Å². The van der Waals surface area contributed by atoms with E-state index in [1.165, 1.54) is 75.1 Å². The summed E-state index contributed by atoms with van der Waals surface area (Å²) >= 11 is 1.82. The summed E-state index contributed by atoms with van der Waals surface area (Å²) in [6.45, 7) is 0. The molecule has 12 aromatic rings. The van der Waals surface area contributed by atoms with Crippen LogP contribution < -0.4 is 0 Å². The van der Waals surface area contributed by atoms with Gasteiger partial charge in [0.05, 0.1) is 11.4 Å². The van der Waals surface area contributed by atoms with Crippen LogP contribution in [-0.4, -0.2) is 9.97 Å². The Morgan fingerprint density at radius 1 is 0.302 bits per heavy atom. The summed E-state index contributed by atoms with van der Waals surface area (Å²) in [7, 11) is 0. The van der Waals surface area contributed by atoms with E-state index in [1.807, 2.05) is 29.5 Å². The topological polar surface area (TPSA) is 25.8 Å². The Labute approximate surface area is 370 Å². The molecule has 12 rings (SSSR count). The fourth-order valence-electron chi connectivity index (χ4n) is 9.31. The van der Waals surface area contributed by atoms with E-state index in [4.69, 9.17) is 9.97 Å². The molecule has 0 saturated heterocycles. The molecular formula is C60H38N2S. The van der Waals surface area contributed by atoms with Gasteiger partial charge in [-0.05, 0) is 89.3 Å². The molecule has 0 spiro atoms. The summed E-state index contributed by atoms with van der Waals surface area (Å²) in [5, 5.41) is 8.82. The summed E-state index contributed by atoms with van der Waals surface area (Å²) < 4.78 is 1.28. The van der Waals surface area contributed by atoms with Gasteiger partial charge in [0.1, 0.15) is 0 Å². The number of aromatic nitrogens is 2. The Kier molecular flexibility index (Phi) is 9.06. The highest BCUT2D eigenvalue weighted by molar-refractivity contribution is 7.22. The van der Waals surface area contributed by atoms with Crippen LogP contribution in [0.25, 0.3) is 120 Å². The van der Waals surface area contributed by atoms with Gasteiger partial charge in [-0.3, -0.25) is 0 Å². The second kappa shape index (κ2) is 15.5. The van der Waals surface area contributed by atoms with Gasteiger partial charge in [-0.2, -0.15) is 0 Å². The number of benzene rings is 10. The van der Waals surface area contributed by atoms with Crippen molar-refractivity contribution in [2.45, 2.75) is 0 Å². The summed E-state index contributed by atoms with van der Waals surface area (Å²) in [4.78, 5) is 11.6. The zero-order valence-electron chi connectivity index (χ0n) is 34.2. The van der Waals surface area contributed by atoms with Gasteiger partial charge >= 0.3 is 0 Å². The van der Waals surface area contributed by atoms with E-state index in [-0.39, 0.29) is 0 Å². The van der Waals surface area contributed by atoms with Gasteiger partial charge in [0.15, 0.2) is 5.82 Å². The standard InChI is InChI=1S/C60H38N2S/c1-3-16-43(17-4-1)57-50-24-12-13-25-51(50)58(59-47-21-9-7-15-41(47)35-36-52(57)59)44-33-29-40(30-34-44)39-27-31-42(32-28-39)53-38-54(62-60(61-53)45-18-5-2-6-19-45)48-22-10-11-23-49(48)56-37-46-20-8-14-26-55(46)63-56/h1-38H. The third kappa shape index (κ3) is 6.58. The second-order valence-corrected chi connectivity index (χ2v) is 17.1. The highest BCUT2D eigenvalue weighted by Gasteiger charge is 2.19. The van der Waals surface area contributed by atoms with Crippen LogP contribution in [-0.2, 0) is 0 Å². The zero-order valence-corrected chi connectivity index (χ0v) is 35.1. The smallest absolute Gasteiger partial charge is 0.160 e. The molecule has 10 aromatic carbocycles. The molecule has 2 heterocycles. The average Bonchev–Trinajstić information content (AvgIpc) is 3.81. The van der Waals surface area contributed by atoms with Crippen molar-refractivity contribution in [3.63, 3.8) is 0 Å². The number of rotatable bonds is 7. The summed E-state index contributed by atoms with van der Waals surface area (Å²) in [5.74, 6) is 0.707. The van der Waals surface area contributed by atoms with Crippen molar-refractivity contribution in [3.05, 3.63) is 231 Å². The van der Waals surface area contributed by atoms with Crippen molar-refractivity contribution in [1.82, 2.24) is 9.97 Å². The molecular weight excluding hydrogens is 781 g/mol. The molecule has 0 atom stereocenters. The molecule has 2 aromatic heterocycles. The van der Waals surface area contributed by atoms with Crippen LogP contribution in [0.4, 0.5) is 0 Å². The van der Waals surface area contributed by atoms with E-state index in [0.717, 1.165) is 39.2 Å². The maximum absolute atomic E-state index is 5.21. The van der Waals surface area contributed by atoms with Gasteiger partial charge in [-0.25, -0.2) is 9.97 Å². The molecule has 3 heteroatoms. The number of hydrogen-bond acceptors (Lipinski definition) is 3.